The Morgan fingerprint density at radius 3 is 2.45 bits per heavy atom. The average Bonchev–Trinajstić information content (AvgIpc) is 2.49. The van der Waals surface area contributed by atoms with E-state index in [4.69, 9.17) is 0 Å². The Morgan fingerprint density at radius 2 is 1.80 bits per heavy atom. The Hall–Kier alpha value is -1.56. The van der Waals surface area contributed by atoms with E-state index < -0.39 is 0 Å². The second kappa shape index (κ2) is 7.28. The molecule has 0 aliphatic carbocycles. The first-order valence-electron chi connectivity index (χ1n) is 6.84. The summed E-state index contributed by atoms with van der Waals surface area (Å²) in [6.45, 7) is 5.12. The van der Waals surface area contributed by atoms with E-state index in [1.54, 1.807) is 18.5 Å². The van der Waals surface area contributed by atoms with Crippen LogP contribution in [0.15, 0.2) is 22.9 Å². The fourth-order valence-electron chi connectivity index (χ4n) is 1.77. The fraction of sp³-hybridized carbons (Fsp3) is 0.429. The molecule has 0 saturated carbocycles. The number of anilines is 1. The highest BCUT2D eigenvalue weighted by molar-refractivity contribution is 9.10. The summed E-state index contributed by atoms with van der Waals surface area (Å²) < 4.78 is 0.937. The van der Waals surface area contributed by atoms with Gasteiger partial charge in [-0.3, -0.25) is 0 Å². The van der Waals surface area contributed by atoms with E-state index in [-0.39, 0.29) is 0 Å². The predicted molar refractivity (Wildman–Crippen MR) is 83.5 cm³/mol. The van der Waals surface area contributed by atoms with E-state index in [0.717, 1.165) is 41.8 Å². The van der Waals surface area contributed by atoms with Gasteiger partial charge in [-0.2, -0.15) is 0 Å². The molecule has 2 aromatic rings. The Bertz CT molecular complexity index is 559. The van der Waals surface area contributed by atoms with Crippen LogP contribution in [0.25, 0.3) is 11.6 Å². The highest BCUT2D eigenvalue weighted by Gasteiger charge is 2.14. The molecule has 0 aromatic carbocycles. The fourth-order valence-corrected chi connectivity index (χ4v) is 2.29. The zero-order chi connectivity index (χ0) is 14.4. The van der Waals surface area contributed by atoms with Gasteiger partial charge in [0.15, 0.2) is 11.6 Å². The van der Waals surface area contributed by atoms with Gasteiger partial charge in [-0.1, -0.05) is 20.3 Å². The molecule has 0 aliphatic rings. The largest absolute Gasteiger partial charge is 0.369 e. The minimum absolute atomic E-state index is 0.553. The smallest absolute Gasteiger partial charge is 0.200 e. The van der Waals surface area contributed by atoms with E-state index in [0.29, 0.717) is 11.6 Å². The molecule has 2 aromatic heterocycles. The van der Waals surface area contributed by atoms with E-state index in [2.05, 4.69) is 55.0 Å². The molecule has 0 fully saturated rings. The van der Waals surface area contributed by atoms with Crippen LogP contribution in [0.2, 0.25) is 0 Å². The van der Waals surface area contributed by atoms with Crippen LogP contribution in [0.1, 0.15) is 32.4 Å². The molecule has 6 heteroatoms. The van der Waals surface area contributed by atoms with Gasteiger partial charge in [-0.25, -0.2) is 19.9 Å². The van der Waals surface area contributed by atoms with Crippen molar-refractivity contribution in [2.75, 3.05) is 11.9 Å². The third-order valence-electron chi connectivity index (χ3n) is 2.71. The first-order valence-corrected chi connectivity index (χ1v) is 7.63. The molecule has 0 unspecified atom stereocenters. The van der Waals surface area contributed by atoms with E-state index >= 15 is 0 Å². The van der Waals surface area contributed by atoms with Crippen molar-refractivity contribution in [3.8, 4) is 11.6 Å². The van der Waals surface area contributed by atoms with Crippen LogP contribution in [0.4, 0.5) is 5.82 Å². The summed E-state index contributed by atoms with van der Waals surface area (Å²) in [6.07, 6.45) is 6.36. The van der Waals surface area contributed by atoms with Gasteiger partial charge in [0.1, 0.15) is 5.82 Å². The third-order valence-corrected chi connectivity index (χ3v) is 3.55. The minimum Gasteiger partial charge on any atom is -0.369 e. The number of rotatable bonds is 6. The number of hydrogen-bond acceptors (Lipinski definition) is 5. The molecule has 0 amide bonds. The van der Waals surface area contributed by atoms with Gasteiger partial charge < -0.3 is 5.32 Å². The molecule has 0 radical (unpaired) electrons. The number of halogens is 1. The second-order valence-corrected chi connectivity index (χ2v) is 5.20. The van der Waals surface area contributed by atoms with E-state index in [1.807, 2.05) is 0 Å². The number of nitrogens with one attached hydrogen (secondary N) is 1. The molecular formula is C14H18BrN5. The van der Waals surface area contributed by atoms with Crippen molar-refractivity contribution in [2.45, 2.75) is 33.1 Å². The van der Waals surface area contributed by atoms with Gasteiger partial charge >= 0.3 is 0 Å². The molecule has 0 bridgehead atoms. The summed E-state index contributed by atoms with van der Waals surface area (Å²) in [5.41, 5.74) is 0.989. The molecule has 2 rings (SSSR count). The molecule has 0 aliphatic heterocycles. The van der Waals surface area contributed by atoms with E-state index in [9.17, 15) is 0 Å². The summed E-state index contributed by atoms with van der Waals surface area (Å²) >= 11 is 3.59. The SMILES string of the molecule is CCCNc1nc(-c2ncccn2)nc(CCC)c1Br. The maximum atomic E-state index is 4.58. The lowest BCUT2D eigenvalue weighted by Crippen LogP contribution is -2.08. The lowest BCUT2D eigenvalue weighted by Gasteiger charge is -2.11. The van der Waals surface area contributed by atoms with Crippen LogP contribution >= 0.6 is 15.9 Å². The average molecular weight is 336 g/mol. The van der Waals surface area contributed by atoms with Crippen molar-refractivity contribution >= 4 is 21.7 Å². The quantitative estimate of drug-likeness (QED) is 0.875. The summed E-state index contributed by atoms with van der Waals surface area (Å²) in [7, 11) is 0. The van der Waals surface area contributed by atoms with E-state index in [1.165, 1.54) is 0 Å². The van der Waals surface area contributed by atoms with Gasteiger partial charge in [0.25, 0.3) is 0 Å². The summed E-state index contributed by atoms with van der Waals surface area (Å²) in [4.78, 5) is 17.6. The van der Waals surface area contributed by atoms with Crippen LogP contribution in [0.5, 0.6) is 0 Å². The van der Waals surface area contributed by atoms with Gasteiger partial charge in [-0.05, 0) is 34.8 Å². The summed E-state index contributed by atoms with van der Waals surface area (Å²) in [5.74, 6) is 1.93. The second-order valence-electron chi connectivity index (χ2n) is 4.41. The Balaban J connectivity index is 2.44. The zero-order valence-corrected chi connectivity index (χ0v) is 13.3. The minimum atomic E-state index is 0.553. The monoisotopic (exact) mass is 335 g/mol. The molecular weight excluding hydrogens is 318 g/mol. The Morgan fingerprint density at radius 1 is 1.05 bits per heavy atom. The number of nitrogens with zero attached hydrogens (tertiary/aromatic N) is 4. The van der Waals surface area contributed by atoms with Gasteiger partial charge in [-0.15, -0.1) is 0 Å². The first kappa shape index (κ1) is 14.8. The lowest BCUT2D eigenvalue weighted by atomic mass is 10.2. The molecule has 0 saturated heterocycles. The van der Waals surface area contributed by atoms with Crippen LogP contribution in [-0.2, 0) is 6.42 Å². The summed E-state index contributed by atoms with van der Waals surface area (Å²) in [6, 6.07) is 1.78. The lowest BCUT2D eigenvalue weighted by molar-refractivity contribution is 0.861. The number of aromatic nitrogens is 4. The molecule has 1 N–H and O–H groups in total. The molecule has 5 nitrogen and oxygen atoms in total. The van der Waals surface area contributed by atoms with Gasteiger partial charge in [0.05, 0.1) is 10.2 Å². The molecule has 20 heavy (non-hydrogen) atoms. The Labute approximate surface area is 127 Å². The van der Waals surface area contributed by atoms with Crippen molar-refractivity contribution in [3.05, 3.63) is 28.6 Å². The Kier molecular flexibility index (Phi) is 5.40. The van der Waals surface area contributed by atoms with Crippen LogP contribution < -0.4 is 5.32 Å². The first-order chi connectivity index (χ1) is 9.76. The maximum absolute atomic E-state index is 4.58. The van der Waals surface area contributed by atoms with Crippen LogP contribution in [0.3, 0.4) is 0 Å². The molecule has 106 valence electrons. The van der Waals surface area contributed by atoms with Crippen LogP contribution in [0, 0.1) is 0 Å². The standard InChI is InChI=1S/C14H18BrN5/c1-3-6-10-11(15)12(16-7-4-2)20-14(19-10)13-17-8-5-9-18-13/h5,8-9H,3-4,6-7H2,1-2H3,(H,16,19,20). The summed E-state index contributed by atoms with van der Waals surface area (Å²) in [5, 5.41) is 3.32. The van der Waals surface area contributed by atoms with Crippen molar-refractivity contribution in [3.63, 3.8) is 0 Å². The van der Waals surface area contributed by atoms with Crippen molar-refractivity contribution in [1.29, 1.82) is 0 Å². The number of aryl methyl sites for hydroxylation is 1. The topological polar surface area (TPSA) is 63.6 Å². The molecule has 2 heterocycles. The highest BCUT2D eigenvalue weighted by atomic mass is 79.9. The predicted octanol–water partition coefficient (Wildman–Crippen LogP) is 3.47. The highest BCUT2D eigenvalue weighted by Crippen LogP contribution is 2.27. The maximum Gasteiger partial charge on any atom is 0.200 e. The number of hydrogen-bond donors (Lipinski definition) is 1. The molecule has 0 atom stereocenters. The van der Waals surface area contributed by atoms with Crippen molar-refractivity contribution in [2.24, 2.45) is 0 Å². The van der Waals surface area contributed by atoms with Gasteiger partial charge in [0, 0.05) is 18.9 Å². The van der Waals surface area contributed by atoms with Crippen LogP contribution in [-0.4, -0.2) is 26.5 Å². The van der Waals surface area contributed by atoms with Gasteiger partial charge in [0.2, 0.25) is 0 Å². The molecule has 0 spiro atoms. The van der Waals surface area contributed by atoms with Crippen molar-refractivity contribution < 1.29 is 0 Å². The van der Waals surface area contributed by atoms with Crippen molar-refractivity contribution in [1.82, 2.24) is 19.9 Å². The third kappa shape index (κ3) is 3.50. The normalized spacial score (nSPS) is 10.6. The zero-order valence-electron chi connectivity index (χ0n) is 11.7.